The van der Waals surface area contributed by atoms with Crippen molar-refractivity contribution >= 4 is 5.91 Å². The number of hydrogen-bond acceptors (Lipinski definition) is 5. The number of hydrogen-bond donors (Lipinski definition) is 1. The van der Waals surface area contributed by atoms with Gasteiger partial charge in [-0.05, 0) is 42.7 Å². The van der Waals surface area contributed by atoms with Gasteiger partial charge in [0.1, 0.15) is 5.69 Å². The van der Waals surface area contributed by atoms with Gasteiger partial charge in [0.05, 0.1) is 11.4 Å². The number of carbonyl (C=O) groups excluding carboxylic acids is 1. The molecule has 2 heterocycles. The van der Waals surface area contributed by atoms with Crippen LogP contribution in [0.1, 0.15) is 70.4 Å². The summed E-state index contributed by atoms with van der Waals surface area (Å²) in [6.45, 7) is 16.5. The monoisotopic (exact) mass is 409 g/mol. The minimum absolute atomic E-state index is 0.00420. The number of rotatable bonds is 4. The molecular weight excluding hydrogens is 378 g/mol. The van der Waals surface area contributed by atoms with Gasteiger partial charge >= 0.3 is 0 Å². The zero-order chi connectivity index (χ0) is 22.3. The largest absolute Gasteiger partial charge is 0.420 e. The number of benzene rings is 1. The van der Waals surface area contributed by atoms with E-state index in [1.165, 1.54) is 0 Å². The Labute approximate surface area is 177 Å². The molecule has 1 amide bonds. The molecule has 1 N–H and O–H groups in total. The van der Waals surface area contributed by atoms with Crippen LogP contribution in [0.5, 0.6) is 0 Å². The van der Waals surface area contributed by atoms with Crippen LogP contribution < -0.4 is 5.32 Å². The molecule has 160 valence electrons. The second kappa shape index (κ2) is 7.70. The number of aryl methyl sites for hydroxylation is 1. The molecule has 3 rings (SSSR count). The lowest BCUT2D eigenvalue weighted by atomic mass is 9.88. The van der Waals surface area contributed by atoms with Crippen molar-refractivity contribution in [3.63, 3.8) is 0 Å². The maximum Gasteiger partial charge on any atom is 0.268 e. The summed E-state index contributed by atoms with van der Waals surface area (Å²) in [5.41, 5.74) is 2.96. The molecule has 2 aromatic heterocycles. The van der Waals surface area contributed by atoms with E-state index in [0.717, 1.165) is 11.4 Å². The van der Waals surface area contributed by atoms with Crippen LogP contribution in [0.25, 0.3) is 17.3 Å². The first-order valence-corrected chi connectivity index (χ1v) is 10.2. The molecule has 30 heavy (non-hydrogen) atoms. The molecule has 0 fully saturated rings. The lowest BCUT2D eigenvalue weighted by Crippen LogP contribution is -2.41. The first kappa shape index (κ1) is 21.7. The van der Waals surface area contributed by atoms with Crippen molar-refractivity contribution in [2.45, 2.75) is 66.8 Å². The average molecular weight is 410 g/mol. The van der Waals surface area contributed by atoms with Crippen LogP contribution in [0.4, 0.5) is 0 Å². The molecule has 1 aromatic carbocycles. The van der Waals surface area contributed by atoms with E-state index in [1.807, 2.05) is 41.9 Å². The molecular formula is C23H31N5O2. The van der Waals surface area contributed by atoms with Crippen LogP contribution in [-0.2, 0) is 5.41 Å². The summed E-state index contributed by atoms with van der Waals surface area (Å²) in [6.07, 6.45) is 0. The van der Waals surface area contributed by atoms with Crippen molar-refractivity contribution in [1.29, 1.82) is 0 Å². The van der Waals surface area contributed by atoms with Gasteiger partial charge in [0, 0.05) is 23.9 Å². The van der Waals surface area contributed by atoms with E-state index in [-0.39, 0.29) is 22.8 Å². The summed E-state index contributed by atoms with van der Waals surface area (Å²) in [4.78, 5) is 12.6. The number of nitrogens with one attached hydrogen (secondary N) is 1. The Hall–Kier alpha value is -2.96. The Balaban J connectivity index is 1.92. The van der Waals surface area contributed by atoms with Crippen LogP contribution >= 0.6 is 0 Å². The van der Waals surface area contributed by atoms with Crippen molar-refractivity contribution in [3.8, 4) is 17.3 Å². The number of carbonyl (C=O) groups is 1. The minimum Gasteiger partial charge on any atom is -0.420 e. The highest BCUT2D eigenvalue weighted by atomic mass is 16.4. The lowest BCUT2D eigenvalue weighted by molar-refractivity contribution is 0.0910. The van der Waals surface area contributed by atoms with E-state index in [9.17, 15) is 4.79 Å². The fourth-order valence-corrected chi connectivity index (χ4v) is 2.87. The van der Waals surface area contributed by atoms with E-state index in [1.54, 1.807) is 6.92 Å². The van der Waals surface area contributed by atoms with Crippen molar-refractivity contribution in [1.82, 2.24) is 25.3 Å². The Bertz CT molecular complexity index is 1030. The van der Waals surface area contributed by atoms with Crippen LogP contribution in [0, 0.1) is 12.3 Å². The fourth-order valence-electron chi connectivity index (χ4n) is 2.87. The first-order valence-electron chi connectivity index (χ1n) is 10.2. The van der Waals surface area contributed by atoms with Crippen LogP contribution in [-0.4, -0.2) is 31.9 Å². The third-order valence-corrected chi connectivity index (χ3v) is 5.24. The predicted octanol–water partition coefficient (Wildman–Crippen LogP) is 4.69. The molecule has 0 aliphatic heterocycles. The van der Waals surface area contributed by atoms with E-state index in [4.69, 9.17) is 9.52 Å². The molecule has 0 unspecified atom stereocenters. The molecule has 0 bridgehead atoms. The van der Waals surface area contributed by atoms with Crippen molar-refractivity contribution < 1.29 is 9.21 Å². The smallest absolute Gasteiger partial charge is 0.268 e. The second-order valence-electron chi connectivity index (χ2n) is 9.81. The standard InChI is InChI=1S/C23H31N5O2/c1-14(22(3,4)5)24-20(29)16-9-11-17(12-10-16)28-19(23(6,7)8)13-18(27-28)21-26-25-15(2)30-21/h9-14H,1-8H3,(H,24,29)/t14-/m1/s1. The molecule has 7 heteroatoms. The molecule has 7 nitrogen and oxygen atoms in total. The average Bonchev–Trinajstić information content (AvgIpc) is 3.27. The van der Waals surface area contributed by atoms with Gasteiger partial charge in [0.25, 0.3) is 11.8 Å². The van der Waals surface area contributed by atoms with Gasteiger partial charge in [0.2, 0.25) is 5.89 Å². The molecule has 0 aliphatic carbocycles. The normalized spacial score (nSPS) is 13.3. The van der Waals surface area contributed by atoms with E-state index < -0.39 is 0 Å². The summed E-state index contributed by atoms with van der Waals surface area (Å²) in [7, 11) is 0. The summed E-state index contributed by atoms with van der Waals surface area (Å²) < 4.78 is 7.42. The Morgan fingerprint density at radius 3 is 2.20 bits per heavy atom. The van der Waals surface area contributed by atoms with Gasteiger partial charge in [-0.25, -0.2) is 4.68 Å². The van der Waals surface area contributed by atoms with E-state index in [0.29, 0.717) is 23.0 Å². The van der Waals surface area contributed by atoms with E-state index >= 15 is 0 Å². The molecule has 0 saturated heterocycles. The van der Waals surface area contributed by atoms with Gasteiger partial charge in [-0.1, -0.05) is 41.5 Å². The highest BCUT2D eigenvalue weighted by Crippen LogP contribution is 2.29. The molecule has 0 spiro atoms. The Morgan fingerprint density at radius 2 is 1.70 bits per heavy atom. The zero-order valence-corrected chi connectivity index (χ0v) is 19.1. The zero-order valence-electron chi connectivity index (χ0n) is 19.1. The molecule has 0 saturated carbocycles. The summed E-state index contributed by atoms with van der Waals surface area (Å²) in [6, 6.07) is 9.49. The van der Waals surface area contributed by atoms with Gasteiger partial charge in [0.15, 0.2) is 0 Å². The number of amides is 1. The quantitative estimate of drug-likeness (QED) is 0.675. The molecule has 3 aromatic rings. The molecule has 0 radical (unpaired) electrons. The van der Waals surface area contributed by atoms with Gasteiger partial charge in [-0.15, -0.1) is 10.2 Å². The Morgan fingerprint density at radius 1 is 1.07 bits per heavy atom. The van der Waals surface area contributed by atoms with Gasteiger partial charge < -0.3 is 9.73 Å². The third kappa shape index (κ3) is 4.61. The SMILES string of the molecule is Cc1nnc(-c2cc(C(C)(C)C)n(-c3ccc(C(=O)N[C@H](C)C(C)(C)C)cc3)n2)o1. The molecule has 1 atom stereocenters. The summed E-state index contributed by atoms with van der Waals surface area (Å²) >= 11 is 0. The Kier molecular flexibility index (Phi) is 5.58. The molecule has 0 aliphatic rings. The topological polar surface area (TPSA) is 85.8 Å². The van der Waals surface area contributed by atoms with Crippen LogP contribution in [0.3, 0.4) is 0 Å². The lowest BCUT2D eigenvalue weighted by Gasteiger charge is -2.28. The minimum atomic E-state index is -0.154. The number of nitrogens with zero attached hydrogens (tertiary/aromatic N) is 4. The highest BCUT2D eigenvalue weighted by Gasteiger charge is 2.25. The fraction of sp³-hybridized carbons (Fsp3) is 0.478. The highest BCUT2D eigenvalue weighted by molar-refractivity contribution is 5.94. The predicted molar refractivity (Wildman–Crippen MR) is 117 cm³/mol. The first-order chi connectivity index (χ1) is 13.9. The van der Waals surface area contributed by atoms with Crippen molar-refractivity contribution in [3.05, 3.63) is 47.5 Å². The van der Waals surface area contributed by atoms with Gasteiger partial charge in [-0.3, -0.25) is 4.79 Å². The second-order valence-corrected chi connectivity index (χ2v) is 9.81. The van der Waals surface area contributed by atoms with Gasteiger partial charge in [-0.2, -0.15) is 5.10 Å². The van der Waals surface area contributed by atoms with Crippen molar-refractivity contribution in [2.75, 3.05) is 0 Å². The van der Waals surface area contributed by atoms with Crippen molar-refractivity contribution in [2.24, 2.45) is 5.41 Å². The van der Waals surface area contributed by atoms with Crippen LogP contribution in [0.2, 0.25) is 0 Å². The van der Waals surface area contributed by atoms with Crippen LogP contribution in [0.15, 0.2) is 34.7 Å². The summed E-state index contributed by atoms with van der Waals surface area (Å²) in [5.74, 6) is 0.808. The maximum atomic E-state index is 12.6. The van der Waals surface area contributed by atoms with E-state index in [2.05, 4.69) is 57.1 Å². The third-order valence-electron chi connectivity index (χ3n) is 5.24. The number of aromatic nitrogens is 4. The maximum absolute atomic E-state index is 12.6. The summed E-state index contributed by atoms with van der Waals surface area (Å²) in [5, 5.41) is 15.8.